The number of aromatic amines is 1. The molecule has 90 valence electrons. The van der Waals surface area contributed by atoms with Crippen LogP contribution in [0.25, 0.3) is 10.9 Å². The molecule has 1 N–H and O–H groups in total. The number of fused-ring (bicyclic) bond motifs is 1. The first-order valence-electron chi connectivity index (χ1n) is 4.61. The van der Waals surface area contributed by atoms with Gasteiger partial charge in [-0.05, 0) is 23.2 Å². The van der Waals surface area contributed by atoms with Crippen molar-refractivity contribution in [2.45, 2.75) is 12.6 Å². The Kier molecular flexibility index (Phi) is 2.82. The summed E-state index contributed by atoms with van der Waals surface area (Å²) in [6.07, 6.45) is -5.50. The highest BCUT2D eigenvalue weighted by atomic mass is 35.5. The molecule has 0 spiro atoms. The van der Waals surface area contributed by atoms with Gasteiger partial charge in [0.15, 0.2) is 0 Å². The second-order valence-corrected chi connectivity index (χ2v) is 3.82. The first kappa shape index (κ1) is 11.9. The average molecular weight is 263 g/mol. The Balaban J connectivity index is 2.69. The van der Waals surface area contributed by atoms with E-state index in [0.717, 1.165) is 0 Å². The largest absolute Gasteiger partial charge is 0.393 e. The molecule has 1 heterocycles. The van der Waals surface area contributed by atoms with Gasteiger partial charge < -0.3 is 0 Å². The van der Waals surface area contributed by atoms with Crippen molar-refractivity contribution in [3.8, 4) is 0 Å². The minimum Gasteiger partial charge on any atom is -0.297 e. The van der Waals surface area contributed by atoms with Crippen LogP contribution in [0.5, 0.6) is 0 Å². The van der Waals surface area contributed by atoms with Gasteiger partial charge in [-0.25, -0.2) is 4.98 Å². The zero-order valence-corrected chi connectivity index (χ0v) is 9.06. The van der Waals surface area contributed by atoms with Crippen molar-refractivity contribution in [2.24, 2.45) is 0 Å². The van der Waals surface area contributed by atoms with Gasteiger partial charge in [-0.2, -0.15) is 13.2 Å². The van der Waals surface area contributed by atoms with E-state index < -0.39 is 18.2 Å². The summed E-state index contributed by atoms with van der Waals surface area (Å²) in [6.45, 7) is 0. The van der Waals surface area contributed by atoms with Crippen molar-refractivity contribution in [3.05, 3.63) is 39.4 Å². The lowest BCUT2D eigenvalue weighted by Gasteiger charge is -2.08. The standard InChI is InChI=1S/C10H6ClF3N2O/c11-9-15-7-5(4-10(12,13)14)2-1-3-6(7)8(17)16-9/h1-3H,4H2,(H,15,16,17). The summed E-state index contributed by atoms with van der Waals surface area (Å²) in [4.78, 5) is 17.4. The smallest absolute Gasteiger partial charge is 0.297 e. The first-order chi connectivity index (χ1) is 7.87. The van der Waals surface area contributed by atoms with E-state index in [2.05, 4.69) is 9.97 Å². The summed E-state index contributed by atoms with van der Waals surface area (Å²) < 4.78 is 37.0. The van der Waals surface area contributed by atoms with Crippen LogP contribution in [-0.2, 0) is 6.42 Å². The van der Waals surface area contributed by atoms with Gasteiger partial charge in [0.25, 0.3) is 5.56 Å². The zero-order chi connectivity index (χ0) is 12.6. The third-order valence-electron chi connectivity index (χ3n) is 2.18. The fourth-order valence-electron chi connectivity index (χ4n) is 1.55. The fourth-order valence-corrected chi connectivity index (χ4v) is 1.72. The van der Waals surface area contributed by atoms with E-state index >= 15 is 0 Å². The van der Waals surface area contributed by atoms with E-state index in [-0.39, 0.29) is 21.7 Å². The first-order valence-corrected chi connectivity index (χ1v) is 4.99. The average Bonchev–Trinajstić information content (AvgIpc) is 2.17. The predicted octanol–water partition coefficient (Wildman–Crippen LogP) is 2.68. The van der Waals surface area contributed by atoms with Crippen LogP contribution in [0.1, 0.15) is 5.56 Å². The lowest BCUT2D eigenvalue weighted by atomic mass is 10.1. The summed E-state index contributed by atoms with van der Waals surface area (Å²) in [5, 5.41) is -0.131. The number of benzene rings is 1. The lowest BCUT2D eigenvalue weighted by Crippen LogP contribution is -2.14. The number of nitrogens with one attached hydrogen (secondary N) is 1. The quantitative estimate of drug-likeness (QED) is 0.803. The van der Waals surface area contributed by atoms with Gasteiger partial charge >= 0.3 is 6.18 Å². The highest BCUT2D eigenvalue weighted by Gasteiger charge is 2.29. The van der Waals surface area contributed by atoms with Gasteiger partial charge in [-0.3, -0.25) is 9.78 Å². The molecular weight excluding hydrogens is 257 g/mol. The van der Waals surface area contributed by atoms with E-state index in [0.29, 0.717) is 0 Å². The van der Waals surface area contributed by atoms with Gasteiger partial charge in [0, 0.05) is 0 Å². The number of H-pyrrole nitrogens is 1. The highest BCUT2D eigenvalue weighted by molar-refractivity contribution is 6.28. The number of hydrogen-bond donors (Lipinski definition) is 1. The fraction of sp³-hybridized carbons (Fsp3) is 0.200. The molecule has 0 radical (unpaired) electrons. The van der Waals surface area contributed by atoms with Crippen molar-refractivity contribution in [1.29, 1.82) is 0 Å². The van der Waals surface area contributed by atoms with Crippen LogP contribution in [0.15, 0.2) is 23.0 Å². The minimum atomic E-state index is -4.36. The predicted molar refractivity (Wildman–Crippen MR) is 57.1 cm³/mol. The van der Waals surface area contributed by atoms with E-state index in [1.807, 2.05) is 0 Å². The molecular formula is C10H6ClF3N2O. The Morgan fingerprint density at radius 1 is 1.35 bits per heavy atom. The number of rotatable bonds is 1. The molecule has 7 heteroatoms. The molecule has 0 aliphatic heterocycles. The molecule has 2 aromatic rings. The molecule has 0 fully saturated rings. The topological polar surface area (TPSA) is 45.8 Å². The number of nitrogens with zero attached hydrogens (tertiary/aromatic N) is 1. The summed E-state index contributed by atoms with van der Waals surface area (Å²) in [6, 6.07) is 4.06. The van der Waals surface area contributed by atoms with Gasteiger partial charge in [0.1, 0.15) is 0 Å². The molecule has 0 aliphatic carbocycles. The second-order valence-electron chi connectivity index (χ2n) is 3.46. The van der Waals surface area contributed by atoms with Gasteiger partial charge in [-0.1, -0.05) is 12.1 Å². The van der Waals surface area contributed by atoms with Crippen LogP contribution < -0.4 is 5.56 Å². The van der Waals surface area contributed by atoms with Crippen LogP contribution in [-0.4, -0.2) is 16.1 Å². The Hall–Kier alpha value is -1.56. The molecule has 1 aromatic carbocycles. The summed E-state index contributed by atoms with van der Waals surface area (Å²) in [5.41, 5.74) is -0.634. The van der Waals surface area contributed by atoms with Crippen molar-refractivity contribution in [1.82, 2.24) is 9.97 Å². The van der Waals surface area contributed by atoms with Crippen molar-refractivity contribution < 1.29 is 13.2 Å². The van der Waals surface area contributed by atoms with E-state index in [9.17, 15) is 18.0 Å². The van der Waals surface area contributed by atoms with Crippen LogP contribution >= 0.6 is 11.6 Å². The molecule has 0 saturated heterocycles. The third-order valence-corrected chi connectivity index (χ3v) is 2.36. The number of aromatic nitrogens is 2. The second kappa shape index (κ2) is 4.03. The van der Waals surface area contributed by atoms with E-state index in [1.54, 1.807) is 0 Å². The van der Waals surface area contributed by atoms with Crippen LogP contribution in [0.3, 0.4) is 0 Å². The molecule has 17 heavy (non-hydrogen) atoms. The maximum atomic E-state index is 12.3. The molecule has 0 saturated carbocycles. The summed E-state index contributed by atoms with van der Waals surface area (Å²) in [7, 11) is 0. The van der Waals surface area contributed by atoms with Crippen LogP contribution in [0.4, 0.5) is 13.2 Å². The Morgan fingerprint density at radius 3 is 2.71 bits per heavy atom. The number of halogens is 4. The Morgan fingerprint density at radius 2 is 2.06 bits per heavy atom. The zero-order valence-electron chi connectivity index (χ0n) is 8.31. The van der Waals surface area contributed by atoms with E-state index in [1.165, 1.54) is 18.2 Å². The number of para-hydroxylation sites is 1. The monoisotopic (exact) mass is 262 g/mol. The lowest BCUT2D eigenvalue weighted by molar-refractivity contribution is -0.127. The molecule has 1 aromatic heterocycles. The number of hydrogen-bond acceptors (Lipinski definition) is 2. The van der Waals surface area contributed by atoms with Crippen LogP contribution in [0.2, 0.25) is 5.28 Å². The van der Waals surface area contributed by atoms with Gasteiger partial charge in [-0.15, -0.1) is 0 Å². The molecule has 0 unspecified atom stereocenters. The number of alkyl halides is 3. The van der Waals surface area contributed by atoms with Crippen LogP contribution in [0, 0.1) is 0 Å². The van der Waals surface area contributed by atoms with Gasteiger partial charge in [0.2, 0.25) is 5.28 Å². The molecule has 0 bridgehead atoms. The summed E-state index contributed by atoms with van der Waals surface area (Å²) in [5.74, 6) is 0. The molecule has 0 amide bonds. The van der Waals surface area contributed by atoms with Crippen molar-refractivity contribution in [3.63, 3.8) is 0 Å². The highest BCUT2D eigenvalue weighted by Crippen LogP contribution is 2.24. The Bertz CT molecular complexity index is 621. The molecule has 2 rings (SSSR count). The maximum Gasteiger partial charge on any atom is 0.393 e. The Labute approximate surface area is 98.2 Å². The van der Waals surface area contributed by atoms with Crippen molar-refractivity contribution in [2.75, 3.05) is 0 Å². The summed E-state index contributed by atoms with van der Waals surface area (Å²) >= 11 is 5.52. The maximum absolute atomic E-state index is 12.3. The normalized spacial score (nSPS) is 12.0. The molecule has 0 atom stereocenters. The third kappa shape index (κ3) is 2.58. The minimum absolute atomic E-state index is 0.0152. The van der Waals surface area contributed by atoms with E-state index in [4.69, 9.17) is 11.6 Å². The SMILES string of the molecule is O=c1[nH]c(Cl)nc2c(CC(F)(F)F)cccc12. The molecule has 3 nitrogen and oxygen atoms in total. The molecule has 0 aliphatic rings. The van der Waals surface area contributed by atoms with Crippen molar-refractivity contribution >= 4 is 22.5 Å². The van der Waals surface area contributed by atoms with Gasteiger partial charge in [0.05, 0.1) is 17.3 Å².